The van der Waals surface area contributed by atoms with Crippen LogP contribution < -0.4 is 49.9 Å². The molecule has 0 spiro atoms. The highest BCUT2D eigenvalue weighted by molar-refractivity contribution is 6.31. The summed E-state index contributed by atoms with van der Waals surface area (Å²) in [5.74, 6) is 4.03. The fourth-order valence-corrected chi connectivity index (χ4v) is 18.4. The van der Waals surface area contributed by atoms with Crippen molar-refractivity contribution in [2.75, 3.05) is 104 Å². The number of nitrogens with one attached hydrogen (secondary N) is 3. The molecular weight excluding hydrogens is 1610 g/mol. The number of benzene rings is 10. The van der Waals surface area contributed by atoms with Crippen LogP contribution in [-0.2, 0) is 38.9 Å². The Hall–Kier alpha value is -13.7. The first kappa shape index (κ1) is 82.0. The van der Waals surface area contributed by atoms with Gasteiger partial charge in [-0.05, 0) is 208 Å². The minimum Gasteiger partial charge on any atom is -0.496 e. The number of fused-ring (bicyclic) bond motifs is 6. The molecule has 0 atom stereocenters. The van der Waals surface area contributed by atoms with Crippen LogP contribution in [0, 0.1) is 0 Å². The first-order chi connectivity index (χ1) is 61.9. The van der Waals surface area contributed by atoms with Crippen LogP contribution in [0.25, 0.3) is 67.4 Å². The van der Waals surface area contributed by atoms with Crippen molar-refractivity contribution in [2.24, 2.45) is 0 Å². The molecule has 126 heavy (non-hydrogen) atoms. The Kier molecular flexibility index (Phi) is 24.1. The Labute approximate surface area is 742 Å². The fourth-order valence-electron chi connectivity index (χ4n) is 18.1. The lowest BCUT2D eigenvalue weighted by Gasteiger charge is -2.31. The van der Waals surface area contributed by atoms with E-state index < -0.39 is 0 Å². The number of carbonyl (C=O) groups is 3. The van der Waals surface area contributed by atoms with Gasteiger partial charge in [0, 0.05) is 179 Å². The van der Waals surface area contributed by atoms with Crippen molar-refractivity contribution in [1.82, 2.24) is 30.9 Å². The van der Waals surface area contributed by atoms with Gasteiger partial charge in [-0.2, -0.15) is 0 Å². The minimum absolute atomic E-state index is 0.0894. The standard InChI is InChI=1S/C36H32N2O2.C35H31ClN4O3.C34H30ClN5O3/c39-36-35-31(23-34(40-35)27-11-5-2-6-12-27)22-30-21-28(25-17-19-37-20-18-25)15-16-33(30)38(36)24-29-13-7-8-14-32(29)26-9-3-1-4-10-26;1-42-32-12-13-38-21-30(32)29-5-3-2-4-24(29)22-40-31-11-10-28(39-16-14-37-15-17-39)19-25(31)18-26-20-33(43-34(26)35(40)41)23-6-8-27(36)9-7-23;1-42-34-37-19-26(20-38-34)29-5-3-2-4-23(29)21-40-30-11-10-28(39-14-12-36-13-15-39)17-24(30)16-25-18-31(43-32(25)33(40)41)22-6-8-27(35)9-7-22/h1-16,21,23,25,37H,17-20,22,24H2;2-13,19-21,37H,14-18,22H2,1H3;2-11,17-20,36H,12-16,21H2,1H3. The van der Waals surface area contributed by atoms with Gasteiger partial charge in [0.05, 0.1) is 33.9 Å². The molecule has 19 nitrogen and oxygen atoms in total. The number of ether oxygens (including phenoxy) is 2. The number of amides is 3. The van der Waals surface area contributed by atoms with Crippen LogP contribution in [0.2, 0.25) is 10.0 Å². The molecule has 11 heterocycles. The Balaban J connectivity index is 0.000000124. The molecule has 6 aliphatic heterocycles. The largest absolute Gasteiger partial charge is 0.496 e. The third-order valence-corrected chi connectivity index (χ3v) is 25.1. The van der Waals surface area contributed by atoms with E-state index in [4.69, 9.17) is 45.9 Å². The molecule has 15 aromatic rings. The monoisotopic (exact) mass is 1710 g/mol. The Morgan fingerprint density at radius 2 is 0.770 bits per heavy atom. The molecule has 0 bridgehead atoms. The third kappa shape index (κ3) is 17.4. The van der Waals surface area contributed by atoms with Gasteiger partial charge < -0.3 is 63.2 Å². The van der Waals surface area contributed by atoms with Gasteiger partial charge >= 0.3 is 6.01 Å². The highest BCUT2D eigenvalue weighted by Gasteiger charge is 2.37. The molecule has 0 saturated carbocycles. The predicted molar refractivity (Wildman–Crippen MR) is 499 cm³/mol. The second-order valence-electron chi connectivity index (χ2n) is 32.4. The molecule has 21 heteroatoms. The van der Waals surface area contributed by atoms with Gasteiger partial charge in [-0.1, -0.05) is 169 Å². The van der Waals surface area contributed by atoms with Gasteiger partial charge in [-0.25, -0.2) is 9.97 Å². The first-order valence-electron chi connectivity index (χ1n) is 43.0. The van der Waals surface area contributed by atoms with Crippen LogP contribution in [0.3, 0.4) is 0 Å². The highest BCUT2D eigenvalue weighted by Crippen LogP contribution is 2.45. The zero-order valence-corrected chi connectivity index (χ0v) is 71.6. The lowest BCUT2D eigenvalue weighted by molar-refractivity contribution is 0.0952. The van der Waals surface area contributed by atoms with E-state index in [0.29, 0.717) is 89.7 Å². The van der Waals surface area contributed by atoms with Crippen LogP contribution >= 0.6 is 23.2 Å². The SMILES string of the molecule is COc1ccncc1-c1ccccc1CN1C(=O)c2oc(-c3ccc(Cl)cc3)cc2Cc2cc(N3CCNCC3)ccc21.COc1ncc(-c2ccccc2CN2C(=O)c3oc(-c4ccc(Cl)cc4)cc3Cc3cc(N4CCNCC4)ccc32)cn1.O=C1c2oc(-c3ccccc3)cc2Cc2cc(C3CCNCC3)ccc2N1Cc1ccccc1-c1ccccc1. The number of pyridine rings is 1. The Morgan fingerprint density at radius 1 is 0.373 bits per heavy atom. The summed E-state index contributed by atoms with van der Waals surface area (Å²) >= 11 is 12.3. The number of methoxy groups -OCH3 is 2. The molecule has 21 rings (SSSR count). The molecule has 6 aliphatic rings. The molecule has 0 radical (unpaired) electrons. The van der Waals surface area contributed by atoms with E-state index in [1.165, 1.54) is 11.1 Å². The molecule has 630 valence electrons. The Morgan fingerprint density at radius 3 is 1.23 bits per heavy atom. The van der Waals surface area contributed by atoms with Crippen molar-refractivity contribution in [3.05, 3.63) is 369 Å². The number of aromatic nitrogens is 3. The summed E-state index contributed by atoms with van der Waals surface area (Å²) in [6.07, 6.45) is 11.1. The third-order valence-electron chi connectivity index (χ3n) is 24.6. The maximum Gasteiger partial charge on any atom is 0.316 e. The highest BCUT2D eigenvalue weighted by atomic mass is 35.5. The van der Waals surface area contributed by atoms with E-state index in [1.807, 2.05) is 160 Å². The first-order valence-corrected chi connectivity index (χ1v) is 43.7. The summed E-state index contributed by atoms with van der Waals surface area (Å²) in [5.41, 5.74) is 24.2. The quantitative estimate of drug-likeness (QED) is 0.0777. The average molecular weight is 1710 g/mol. The van der Waals surface area contributed by atoms with Gasteiger partial charge in [0.1, 0.15) is 23.0 Å². The van der Waals surface area contributed by atoms with E-state index in [-0.39, 0.29) is 17.7 Å². The molecule has 3 amide bonds. The van der Waals surface area contributed by atoms with Gasteiger partial charge in [0.2, 0.25) is 0 Å². The van der Waals surface area contributed by atoms with E-state index in [1.54, 1.807) is 39.0 Å². The number of halogens is 2. The minimum atomic E-state index is -0.176. The number of piperidine rings is 1. The normalized spacial score (nSPS) is 14.9. The molecule has 3 fully saturated rings. The summed E-state index contributed by atoms with van der Waals surface area (Å²) < 4.78 is 29.8. The van der Waals surface area contributed by atoms with Crippen molar-refractivity contribution in [2.45, 2.75) is 57.7 Å². The zero-order chi connectivity index (χ0) is 85.6. The number of nitrogens with zero attached hydrogens (tertiary/aromatic N) is 8. The number of rotatable bonds is 17. The van der Waals surface area contributed by atoms with Crippen LogP contribution in [0.1, 0.15) is 106 Å². The summed E-state index contributed by atoms with van der Waals surface area (Å²) in [4.78, 5) is 66.4. The number of hydrogen-bond donors (Lipinski definition) is 3. The fraction of sp³-hybridized carbons (Fsp3) is 0.200. The van der Waals surface area contributed by atoms with Crippen molar-refractivity contribution in [3.8, 4) is 79.1 Å². The zero-order valence-electron chi connectivity index (χ0n) is 70.0. The van der Waals surface area contributed by atoms with Crippen LogP contribution in [0.15, 0.2) is 299 Å². The number of carbonyl (C=O) groups excluding carboxylic acids is 3. The average Bonchev–Trinajstić information content (AvgIpc) is 1.61. The number of anilines is 5. The van der Waals surface area contributed by atoms with Crippen LogP contribution in [0.5, 0.6) is 11.8 Å². The summed E-state index contributed by atoms with van der Waals surface area (Å²) in [5, 5.41) is 11.6. The van der Waals surface area contributed by atoms with Crippen molar-refractivity contribution >= 4 is 69.4 Å². The summed E-state index contributed by atoms with van der Waals surface area (Å²) in [7, 11) is 3.20. The van der Waals surface area contributed by atoms with E-state index in [9.17, 15) is 14.4 Å². The molecular formula is C105H93Cl2N11O8. The maximum atomic E-state index is 14.4. The van der Waals surface area contributed by atoms with Crippen LogP contribution in [0.4, 0.5) is 28.4 Å². The van der Waals surface area contributed by atoms with Crippen molar-refractivity contribution in [3.63, 3.8) is 0 Å². The van der Waals surface area contributed by atoms with E-state index in [0.717, 1.165) is 213 Å². The lowest BCUT2D eigenvalue weighted by Crippen LogP contribution is -2.43. The number of piperazine rings is 2. The molecule has 0 unspecified atom stereocenters. The van der Waals surface area contributed by atoms with Gasteiger partial charge in [0.25, 0.3) is 17.7 Å². The number of hydrogen-bond acceptors (Lipinski definition) is 16. The lowest BCUT2D eigenvalue weighted by atomic mass is 9.88. The molecule has 10 aromatic carbocycles. The second kappa shape index (κ2) is 37.0. The van der Waals surface area contributed by atoms with Gasteiger partial charge in [0.15, 0.2) is 17.3 Å². The molecule has 0 aliphatic carbocycles. The topological polar surface area (TPSA) is 200 Å². The van der Waals surface area contributed by atoms with Crippen molar-refractivity contribution < 1.29 is 37.1 Å². The smallest absolute Gasteiger partial charge is 0.316 e. The van der Waals surface area contributed by atoms with E-state index >= 15 is 0 Å². The van der Waals surface area contributed by atoms with Crippen molar-refractivity contribution in [1.29, 1.82) is 0 Å². The van der Waals surface area contributed by atoms with Gasteiger partial charge in [-0.15, -0.1) is 0 Å². The Bertz CT molecular complexity index is 6460. The second-order valence-corrected chi connectivity index (χ2v) is 33.2. The number of furan rings is 3. The maximum absolute atomic E-state index is 14.4. The van der Waals surface area contributed by atoms with Gasteiger partial charge in [-0.3, -0.25) is 19.4 Å². The van der Waals surface area contributed by atoms with E-state index in [2.05, 4.69) is 156 Å². The molecule has 3 saturated heterocycles. The molecule has 3 N–H and O–H groups in total. The van der Waals surface area contributed by atoms with Crippen LogP contribution in [-0.4, -0.2) is 112 Å². The summed E-state index contributed by atoms with van der Waals surface area (Å²) in [6.45, 7) is 10.8. The molecule has 5 aromatic heterocycles. The summed E-state index contributed by atoms with van der Waals surface area (Å²) in [6, 6.07) is 87.7. The predicted octanol–water partition coefficient (Wildman–Crippen LogP) is 20.9.